The van der Waals surface area contributed by atoms with Crippen molar-refractivity contribution in [3.05, 3.63) is 47.5 Å². The third-order valence-corrected chi connectivity index (χ3v) is 5.02. The van der Waals surface area contributed by atoms with Gasteiger partial charge >= 0.3 is 0 Å². The highest BCUT2D eigenvalue weighted by atomic mass is 35.5. The van der Waals surface area contributed by atoms with Crippen LogP contribution in [0.25, 0.3) is 0 Å². The smallest absolute Gasteiger partial charge is 0.246 e. The van der Waals surface area contributed by atoms with E-state index in [-0.39, 0.29) is 5.91 Å². The van der Waals surface area contributed by atoms with Gasteiger partial charge in [0.1, 0.15) is 11.8 Å². The van der Waals surface area contributed by atoms with Crippen molar-refractivity contribution in [1.82, 2.24) is 0 Å². The van der Waals surface area contributed by atoms with Gasteiger partial charge in [-0.05, 0) is 56.5 Å². The number of amides is 1. The van der Waals surface area contributed by atoms with E-state index in [9.17, 15) is 4.79 Å². The van der Waals surface area contributed by atoms with Gasteiger partial charge in [-0.1, -0.05) is 23.7 Å². The van der Waals surface area contributed by atoms with Crippen LogP contribution in [0.5, 0.6) is 5.75 Å². The lowest BCUT2D eigenvalue weighted by atomic mass is 10.1. The standard InChI is InChI=1S/C21H26ClN3O2/c1-15(21(26)24-17-8-4-5-9-20(17)27-2)23-18-14-16(22)10-11-19(18)25-12-6-3-7-13-25/h4-5,8-11,14-15,23H,3,6-7,12-13H2,1-2H3,(H,24,26)/t15-/m0/s1. The first-order valence-corrected chi connectivity index (χ1v) is 9.71. The van der Waals surface area contributed by atoms with Gasteiger partial charge in [0.25, 0.3) is 0 Å². The highest BCUT2D eigenvalue weighted by molar-refractivity contribution is 6.31. The molecule has 2 N–H and O–H groups in total. The Bertz CT molecular complexity index is 791. The number of para-hydroxylation sites is 2. The van der Waals surface area contributed by atoms with E-state index in [1.807, 2.05) is 49.4 Å². The second-order valence-corrected chi connectivity index (χ2v) is 7.20. The molecule has 1 fully saturated rings. The molecule has 1 saturated heterocycles. The van der Waals surface area contributed by atoms with Crippen molar-refractivity contribution < 1.29 is 9.53 Å². The van der Waals surface area contributed by atoms with Crippen molar-refractivity contribution in [2.24, 2.45) is 0 Å². The summed E-state index contributed by atoms with van der Waals surface area (Å²) in [4.78, 5) is 15.0. The highest BCUT2D eigenvalue weighted by Gasteiger charge is 2.19. The summed E-state index contributed by atoms with van der Waals surface area (Å²) in [6.07, 6.45) is 3.64. The monoisotopic (exact) mass is 387 g/mol. The molecule has 1 aliphatic rings. The molecular weight excluding hydrogens is 362 g/mol. The number of halogens is 1. The molecule has 27 heavy (non-hydrogen) atoms. The molecular formula is C21H26ClN3O2. The number of nitrogens with one attached hydrogen (secondary N) is 2. The number of hydrogen-bond acceptors (Lipinski definition) is 4. The van der Waals surface area contributed by atoms with Gasteiger partial charge in [0, 0.05) is 18.1 Å². The lowest BCUT2D eigenvalue weighted by Gasteiger charge is -2.31. The summed E-state index contributed by atoms with van der Waals surface area (Å²) in [6, 6.07) is 12.8. The van der Waals surface area contributed by atoms with Crippen LogP contribution in [-0.4, -0.2) is 32.1 Å². The number of ether oxygens (including phenoxy) is 1. The van der Waals surface area contributed by atoms with E-state index in [2.05, 4.69) is 15.5 Å². The maximum atomic E-state index is 12.7. The van der Waals surface area contributed by atoms with Gasteiger partial charge in [-0.2, -0.15) is 0 Å². The lowest BCUT2D eigenvalue weighted by molar-refractivity contribution is -0.116. The Kier molecular flexibility index (Phi) is 6.45. The zero-order valence-corrected chi connectivity index (χ0v) is 16.6. The molecule has 2 aromatic carbocycles. The number of rotatable bonds is 6. The van der Waals surface area contributed by atoms with E-state index < -0.39 is 6.04 Å². The quantitative estimate of drug-likeness (QED) is 0.749. The summed E-state index contributed by atoms with van der Waals surface area (Å²) >= 11 is 6.21. The maximum absolute atomic E-state index is 12.7. The topological polar surface area (TPSA) is 53.6 Å². The second kappa shape index (κ2) is 9.00. The minimum Gasteiger partial charge on any atom is -0.495 e. The molecule has 1 aliphatic heterocycles. The zero-order valence-electron chi connectivity index (χ0n) is 15.8. The van der Waals surface area contributed by atoms with Crippen molar-refractivity contribution in [2.75, 3.05) is 35.7 Å². The Labute approximate surface area is 165 Å². The summed E-state index contributed by atoms with van der Waals surface area (Å²) in [5.74, 6) is 0.499. The zero-order chi connectivity index (χ0) is 19.2. The fourth-order valence-corrected chi connectivity index (χ4v) is 3.49. The Hall–Kier alpha value is -2.40. The number of nitrogens with zero attached hydrogens (tertiary/aromatic N) is 1. The van der Waals surface area contributed by atoms with Crippen molar-refractivity contribution >= 4 is 34.6 Å². The molecule has 0 spiro atoms. The van der Waals surface area contributed by atoms with Crippen molar-refractivity contribution in [2.45, 2.75) is 32.2 Å². The molecule has 5 nitrogen and oxygen atoms in total. The molecule has 6 heteroatoms. The average Bonchev–Trinajstić information content (AvgIpc) is 2.69. The summed E-state index contributed by atoms with van der Waals surface area (Å²) in [7, 11) is 1.59. The summed E-state index contributed by atoms with van der Waals surface area (Å²) in [5.41, 5.74) is 2.63. The van der Waals surface area contributed by atoms with Crippen molar-refractivity contribution in [3.8, 4) is 5.75 Å². The van der Waals surface area contributed by atoms with E-state index in [0.29, 0.717) is 16.5 Å². The molecule has 0 unspecified atom stereocenters. The first-order chi connectivity index (χ1) is 13.1. The van der Waals surface area contributed by atoms with E-state index in [1.54, 1.807) is 7.11 Å². The Morgan fingerprint density at radius 1 is 1.11 bits per heavy atom. The van der Waals surface area contributed by atoms with Crippen LogP contribution >= 0.6 is 11.6 Å². The normalized spacial score (nSPS) is 15.1. The van der Waals surface area contributed by atoms with Gasteiger partial charge in [-0.25, -0.2) is 0 Å². The third kappa shape index (κ3) is 4.86. The van der Waals surface area contributed by atoms with Gasteiger partial charge in [0.05, 0.1) is 24.2 Å². The molecule has 0 aliphatic carbocycles. The minimum absolute atomic E-state index is 0.135. The summed E-state index contributed by atoms with van der Waals surface area (Å²) in [6.45, 7) is 3.89. The van der Waals surface area contributed by atoms with Crippen LogP contribution in [-0.2, 0) is 4.79 Å². The first kappa shape index (κ1) is 19.4. The molecule has 1 heterocycles. The van der Waals surface area contributed by atoms with E-state index in [0.717, 1.165) is 24.5 Å². The number of carbonyl (C=O) groups excluding carboxylic acids is 1. The lowest BCUT2D eigenvalue weighted by Crippen LogP contribution is -2.34. The van der Waals surface area contributed by atoms with Crippen LogP contribution in [0.3, 0.4) is 0 Å². The summed E-state index contributed by atoms with van der Waals surface area (Å²) in [5, 5.41) is 6.90. The number of piperidine rings is 1. The second-order valence-electron chi connectivity index (χ2n) is 6.76. The third-order valence-electron chi connectivity index (χ3n) is 4.79. The molecule has 0 bridgehead atoms. The fraction of sp³-hybridized carbons (Fsp3) is 0.381. The number of carbonyl (C=O) groups is 1. The molecule has 0 aromatic heterocycles. The van der Waals surface area contributed by atoms with Gasteiger partial charge < -0.3 is 20.3 Å². The van der Waals surface area contributed by atoms with Gasteiger partial charge in [-0.3, -0.25) is 4.79 Å². The minimum atomic E-state index is -0.433. The number of methoxy groups -OCH3 is 1. The van der Waals surface area contributed by atoms with E-state index in [4.69, 9.17) is 16.3 Å². The van der Waals surface area contributed by atoms with Crippen LogP contribution in [0.1, 0.15) is 26.2 Å². The molecule has 0 saturated carbocycles. The van der Waals surface area contributed by atoms with Crippen molar-refractivity contribution in [3.63, 3.8) is 0 Å². The number of anilines is 3. The number of hydrogen-bond donors (Lipinski definition) is 2. The Balaban J connectivity index is 1.74. The SMILES string of the molecule is COc1ccccc1NC(=O)[C@H](C)Nc1cc(Cl)ccc1N1CCCCC1. The van der Waals surface area contributed by atoms with Crippen LogP contribution in [0, 0.1) is 0 Å². The van der Waals surface area contributed by atoms with Gasteiger partial charge in [0.2, 0.25) is 5.91 Å². The molecule has 0 radical (unpaired) electrons. The number of benzene rings is 2. The predicted octanol–water partition coefficient (Wildman–Crippen LogP) is 4.78. The molecule has 3 rings (SSSR count). The summed E-state index contributed by atoms with van der Waals surface area (Å²) < 4.78 is 5.30. The molecule has 1 amide bonds. The molecule has 2 aromatic rings. The van der Waals surface area contributed by atoms with Crippen molar-refractivity contribution in [1.29, 1.82) is 0 Å². The predicted molar refractivity (Wildman–Crippen MR) is 112 cm³/mol. The largest absolute Gasteiger partial charge is 0.495 e. The van der Waals surface area contributed by atoms with E-state index >= 15 is 0 Å². The molecule has 144 valence electrons. The van der Waals surface area contributed by atoms with Gasteiger partial charge in [-0.15, -0.1) is 0 Å². The van der Waals surface area contributed by atoms with Crippen LogP contribution in [0.15, 0.2) is 42.5 Å². The van der Waals surface area contributed by atoms with E-state index in [1.165, 1.54) is 19.3 Å². The fourth-order valence-electron chi connectivity index (χ4n) is 3.32. The molecule has 1 atom stereocenters. The van der Waals surface area contributed by atoms with Crippen LogP contribution in [0.4, 0.5) is 17.1 Å². The van der Waals surface area contributed by atoms with Gasteiger partial charge in [0.15, 0.2) is 0 Å². The average molecular weight is 388 g/mol. The Morgan fingerprint density at radius 2 is 1.85 bits per heavy atom. The first-order valence-electron chi connectivity index (χ1n) is 9.33. The maximum Gasteiger partial charge on any atom is 0.246 e. The highest BCUT2D eigenvalue weighted by Crippen LogP contribution is 2.32. The van der Waals surface area contributed by atoms with Crippen LogP contribution in [0.2, 0.25) is 5.02 Å². The van der Waals surface area contributed by atoms with Crippen LogP contribution < -0.4 is 20.3 Å². The Morgan fingerprint density at radius 3 is 2.59 bits per heavy atom.